The van der Waals surface area contributed by atoms with Gasteiger partial charge < -0.3 is 25.1 Å². The molecule has 0 aliphatic rings. The molecule has 0 saturated heterocycles. The Morgan fingerprint density at radius 3 is 1.91 bits per heavy atom. The fraction of sp³-hybridized carbons (Fsp3) is 0.333. The van der Waals surface area contributed by atoms with Crippen LogP contribution >= 0.6 is 0 Å². The van der Waals surface area contributed by atoms with Gasteiger partial charge in [-0.1, -0.05) is 155 Å². The molecule has 5 aromatic rings. The summed E-state index contributed by atoms with van der Waals surface area (Å²) in [5.41, 5.74) is 3.23. The van der Waals surface area contributed by atoms with Gasteiger partial charge in [0.05, 0.1) is 20.1 Å². The number of aromatic nitrogens is 1. The van der Waals surface area contributed by atoms with Gasteiger partial charge >= 0.3 is 5.97 Å². The Hall–Kier alpha value is -5.70. The lowest BCUT2D eigenvalue weighted by atomic mass is 9.77. The molecule has 0 aliphatic carbocycles. The van der Waals surface area contributed by atoms with Gasteiger partial charge in [-0.05, 0) is 34.7 Å². The average Bonchev–Trinajstić information content (AvgIpc) is 3.63. The van der Waals surface area contributed by atoms with Gasteiger partial charge in [-0.2, -0.15) is 0 Å². The SMILES string of the molecule is CCCCCCCCCOC=N[C@@H](Cc1c[nH]c2ccccc12)C(=O)N[C@@H](CC(=O)NC(c1ccccc1)(c1ccccc1)c1ccccc1)C(=O)OC. The van der Waals surface area contributed by atoms with E-state index in [4.69, 9.17) is 9.47 Å². The van der Waals surface area contributed by atoms with Gasteiger partial charge in [0.25, 0.3) is 0 Å². The van der Waals surface area contributed by atoms with Crippen molar-refractivity contribution in [2.45, 2.75) is 82.3 Å². The number of H-pyrrole nitrogens is 1. The molecule has 5 rings (SSSR count). The van der Waals surface area contributed by atoms with Crippen LogP contribution in [-0.4, -0.2) is 55.0 Å². The fourth-order valence-corrected chi connectivity index (χ4v) is 6.86. The molecule has 2 amide bonds. The second kappa shape index (κ2) is 20.5. The molecule has 0 spiro atoms. The predicted octanol–water partition coefficient (Wildman–Crippen LogP) is 8.03. The van der Waals surface area contributed by atoms with Crippen LogP contribution in [0.1, 0.15) is 80.5 Å². The maximum atomic E-state index is 14.2. The number of carbonyl (C=O) groups is 3. The van der Waals surface area contributed by atoms with E-state index in [9.17, 15) is 14.4 Å². The molecular formula is C45H52N4O5. The highest BCUT2D eigenvalue weighted by molar-refractivity contribution is 5.93. The van der Waals surface area contributed by atoms with E-state index >= 15 is 0 Å². The van der Waals surface area contributed by atoms with Crippen molar-refractivity contribution in [3.8, 4) is 0 Å². The molecule has 282 valence electrons. The molecule has 4 aromatic carbocycles. The Bertz CT molecular complexity index is 1830. The monoisotopic (exact) mass is 728 g/mol. The third-order valence-electron chi connectivity index (χ3n) is 9.71. The van der Waals surface area contributed by atoms with Crippen molar-refractivity contribution >= 4 is 35.1 Å². The third-order valence-corrected chi connectivity index (χ3v) is 9.71. The number of methoxy groups -OCH3 is 1. The molecule has 9 heteroatoms. The highest BCUT2D eigenvalue weighted by Crippen LogP contribution is 2.37. The average molecular weight is 729 g/mol. The number of aliphatic imine (C=N–C) groups is 1. The number of hydrogen-bond donors (Lipinski definition) is 3. The smallest absolute Gasteiger partial charge is 0.328 e. The molecular weight excluding hydrogens is 677 g/mol. The van der Waals surface area contributed by atoms with Crippen LogP contribution in [0.3, 0.4) is 0 Å². The number of amides is 2. The molecule has 0 radical (unpaired) electrons. The second-order valence-corrected chi connectivity index (χ2v) is 13.5. The third kappa shape index (κ3) is 10.5. The number of hydrogen-bond acceptors (Lipinski definition) is 6. The van der Waals surface area contributed by atoms with E-state index < -0.39 is 35.4 Å². The van der Waals surface area contributed by atoms with E-state index in [1.165, 1.54) is 39.2 Å². The zero-order chi connectivity index (χ0) is 38.0. The first-order chi connectivity index (χ1) is 26.5. The Kier molecular flexibility index (Phi) is 15.0. The lowest BCUT2D eigenvalue weighted by Crippen LogP contribution is -2.52. The van der Waals surface area contributed by atoms with Crippen molar-refractivity contribution in [1.82, 2.24) is 15.6 Å². The van der Waals surface area contributed by atoms with Crippen LogP contribution in [0, 0.1) is 0 Å². The van der Waals surface area contributed by atoms with Crippen molar-refractivity contribution in [3.63, 3.8) is 0 Å². The van der Waals surface area contributed by atoms with Gasteiger partial charge in [-0.15, -0.1) is 0 Å². The number of esters is 1. The van der Waals surface area contributed by atoms with Gasteiger partial charge in [0.15, 0.2) is 6.40 Å². The van der Waals surface area contributed by atoms with Crippen molar-refractivity contribution in [3.05, 3.63) is 144 Å². The standard InChI is InChI=1S/C45H52N4O5/c1-3-4-5-6-7-8-20-29-54-33-47-40(30-34-32-46-39-28-19-18-27-38(34)39)43(51)48-41(44(52)53-2)31-42(50)49-45(35-21-12-9-13-22-35,36-23-14-10-15-24-36)37-25-16-11-17-26-37/h9-19,21-28,32-33,40-41,46H,3-8,20,29-31H2,1-2H3,(H,48,51)(H,49,50)/t40-,41-/m0/s1. The number of nitrogens with one attached hydrogen (secondary N) is 3. The van der Waals surface area contributed by atoms with Gasteiger partial charge in [0.2, 0.25) is 11.8 Å². The van der Waals surface area contributed by atoms with Crippen LogP contribution in [0.5, 0.6) is 0 Å². The van der Waals surface area contributed by atoms with Gasteiger partial charge in [-0.25, -0.2) is 9.79 Å². The van der Waals surface area contributed by atoms with E-state index in [1.807, 2.05) is 121 Å². The number of unbranched alkanes of at least 4 members (excludes halogenated alkanes) is 6. The Balaban J connectivity index is 1.35. The molecule has 0 fully saturated rings. The largest absolute Gasteiger partial charge is 0.483 e. The number of nitrogens with zero attached hydrogens (tertiary/aromatic N) is 1. The van der Waals surface area contributed by atoms with Gasteiger partial charge in [-0.3, -0.25) is 9.59 Å². The number of carbonyl (C=O) groups excluding carboxylic acids is 3. The minimum Gasteiger partial charge on any atom is -0.483 e. The van der Waals surface area contributed by atoms with E-state index in [2.05, 4.69) is 27.5 Å². The molecule has 0 saturated carbocycles. The Morgan fingerprint density at radius 2 is 1.31 bits per heavy atom. The summed E-state index contributed by atoms with van der Waals surface area (Å²) in [7, 11) is 1.24. The Morgan fingerprint density at radius 1 is 0.759 bits per heavy atom. The van der Waals surface area contributed by atoms with E-state index in [0.717, 1.165) is 52.4 Å². The van der Waals surface area contributed by atoms with Crippen LogP contribution in [0.15, 0.2) is 126 Å². The van der Waals surface area contributed by atoms with Crippen molar-refractivity contribution in [2.24, 2.45) is 4.99 Å². The van der Waals surface area contributed by atoms with E-state index in [-0.39, 0.29) is 12.8 Å². The van der Waals surface area contributed by atoms with Gasteiger partial charge in [0, 0.05) is 23.5 Å². The lowest BCUT2D eigenvalue weighted by molar-refractivity contribution is -0.146. The zero-order valence-corrected chi connectivity index (χ0v) is 31.3. The second-order valence-electron chi connectivity index (χ2n) is 13.5. The summed E-state index contributed by atoms with van der Waals surface area (Å²) in [5, 5.41) is 7.03. The van der Waals surface area contributed by atoms with Gasteiger partial charge in [0.1, 0.15) is 17.6 Å². The topological polar surface area (TPSA) is 122 Å². The quantitative estimate of drug-likeness (QED) is 0.0232. The summed E-state index contributed by atoms with van der Waals surface area (Å²) in [6.07, 6.45) is 11.2. The number of benzene rings is 4. The normalized spacial score (nSPS) is 12.6. The number of ether oxygens (including phenoxy) is 2. The molecule has 1 heterocycles. The molecule has 0 unspecified atom stereocenters. The molecule has 0 bridgehead atoms. The number of para-hydroxylation sites is 1. The highest BCUT2D eigenvalue weighted by atomic mass is 16.5. The fourth-order valence-electron chi connectivity index (χ4n) is 6.86. The van der Waals surface area contributed by atoms with Crippen LogP contribution in [0.2, 0.25) is 0 Å². The minimum atomic E-state index is -1.28. The molecule has 9 nitrogen and oxygen atoms in total. The summed E-state index contributed by atoms with van der Waals surface area (Å²) >= 11 is 0. The van der Waals surface area contributed by atoms with Crippen LogP contribution < -0.4 is 10.6 Å². The maximum Gasteiger partial charge on any atom is 0.328 e. The molecule has 2 atom stereocenters. The highest BCUT2D eigenvalue weighted by Gasteiger charge is 2.39. The number of fused-ring (bicyclic) bond motifs is 1. The molecule has 3 N–H and O–H groups in total. The first-order valence-corrected chi connectivity index (χ1v) is 19.0. The van der Waals surface area contributed by atoms with E-state index in [1.54, 1.807) is 0 Å². The van der Waals surface area contributed by atoms with E-state index in [0.29, 0.717) is 6.61 Å². The predicted molar refractivity (Wildman–Crippen MR) is 214 cm³/mol. The lowest BCUT2D eigenvalue weighted by Gasteiger charge is -2.37. The first-order valence-electron chi connectivity index (χ1n) is 19.0. The minimum absolute atomic E-state index is 0.242. The summed E-state index contributed by atoms with van der Waals surface area (Å²) in [5.74, 6) is -1.73. The summed E-state index contributed by atoms with van der Waals surface area (Å²) < 4.78 is 10.8. The number of rotatable bonds is 21. The van der Waals surface area contributed by atoms with Crippen LogP contribution in [0.25, 0.3) is 10.9 Å². The van der Waals surface area contributed by atoms with Crippen molar-refractivity contribution in [2.75, 3.05) is 13.7 Å². The first kappa shape index (κ1) is 39.5. The summed E-state index contributed by atoms with van der Waals surface area (Å²) in [4.78, 5) is 49.3. The number of aromatic amines is 1. The summed E-state index contributed by atoms with van der Waals surface area (Å²) in [6, 6.07) is 34.7. The van der Waals surface area contributed by atoms with Crippen molar-refractivity contribution < 1.29 is 23.9 Å². The zero-order valence-electron chi connectivity index (χ0n) is 31.3. The molecule has 0 aliphatic heterocycles. The maximum absolute atomic E-state index is 14.2. The van der Waals surface area contributed by atoms with Crippen molar-refractivity contribution in [1.29, 1.82) is 0 Å². The molecule has 54 heavy (non-hydrogen) atoms. The van der Waals surface area contributed by atoms with Crippen LogP contribution in [0.4, 0.5) is 0 Å². The van der Waals surface area contributed by atoms with Crippen LogP contribution in [-0.2, 0) is 35.8 Å². The molecule has 1 aromatic heterocycles. The summed E-state index contributed by atoms with van der Waals surface area (Å²) in [6.45, 7) is 2.70. The Labute approximate surface area is 318 Å².